The third-order valence-corrected chi connectivity index (χ3v) is 6.58. The number of aliphatic imine (C=N–C) groups is 1. The van der Waals surface area contributed by atoms with Crippen molar-refractivity contribution < 1.29 is 8.42 Å². The molecule has 29 heavy (non-hydrogen) atoms. The van der Waals surface area contributed by atoms with Crippen LogP contribution in [0.2, 0.25) is 0 Å². The van der Waals surface area contributed by atoms with Crippen molar-refractivity contribution in [3.8, 4) is 0 Å². The molecule has 1 fully saturated rings. The molecule has 0 radical (unpaired) electrons. The predicted octanol–water partition coefficient (Wildman–Crippen LogP) is 3.83. The number of nitrogens with one attached hydrogen (secondary N) is 1. The second-order valence-electron chi connectivity index (χ2n) is 6.81. The number of nitrogens with zero attached hydrogens (tertiary/aromatic N) is 2. The normalized spacial score (nSPS) is 14.9. The summed E-state index contributed by atoms with van der Waals surface area (Å²) in [5, 5.41) is 3.21. The monoisotopic (exact) mass is 525 g/mol. The van der Waals surface area contributed by atoms with Crippen molar-refractivity contribution in [2.75, 3.05) is 32.4 Å². The minimum Gasteiger partial charge on any atom is -0.355 e. The van der Waals surface area contributed by atoms with Crippen LogP contribution < -0.4 is 5.32 Å². The molecule has 1 saturated heterocycles. The van der Waals surface area contributed by atoms with E-state index in [9.17, 15) is 8.42 Å². The second-order valence-corrected chi connectivity index (χ2v) is 8.92. The first kappa shape index (κ1) is 23.4. The number of sulfone groups is 1. The van der Waals surface area contributed by atoms with E-state index in [1.165, 1.54) is 11.1 Å². The first-order chi connectivity index (χ1) is 13.6. The number of hydrogen-bond donors (Lipinski definition) is 1. The lowest BCUT2D eigenvalue weighted by atomic mass is 10.0. The predicted molar refractivity (Wildman–Crippen MR) is 130 cm³/mol. The Morgan fingerprint density at radius 2 is 1.62 bits per heavy atom. The van der Waals surface area contributed by atoms with Gasteiger partial charge in [-0.25, -0.2) is 8.42 Å². The Kier molecular flexibility index (Phi) is 9.16. The zero-order valence-electron chi connectivity index (χ0n) is 16.6. The van der Waals surface area contributed by atoms with Crippen LogP contribution in [-0.4, -0.2) is 51.7 Å². The fourth-order valence-electron chi connectivity index (χ4n) is 3.31. The number of rotatable bonds is 5. The SMILES string of the molecule is CN=C(NCCS(=O)(=O)c1ccccc1)N1CCC(=Cc2ccccc2)CC1.I. The van der Waals surface area contributed by atoms with Crippen LogP contribution in [0.3, 0.4) is 0 Å². The van der Waals surface area contributed by atoms with Gasteiger partial charge in [-0.05, 0) is 30.5 Å². The van der Waals surface area contributed by atoms with Gasteiger partial charge >= 0.3 is 0 Å². The summed E-state index contributed by atoms with van der Waals surface area (Å²) < 4.78 is 24.8. The van der Waals surface area contributed by atoms with Gasteiger partial charge in [0.05, 0.1) is 10.6 Å². The Labute approximate surface area is 190 Å². The van der Waals surface area contributed by atoms with Crippen molar-refractivity contribution in [1.29, 1.82) is 0 Å². The highest BCUT2D eigenvalue weighted by atomic mass is 127. The van der Waals surface area contributed by atoms with E-state index in [-0.39, 0.29) is 29.7 Å². The van der Waals surface area contributed by atoms with E-state index in [0.717, 1.165) is 31.9 Å². The number of benzene rings is 2. The lowest BCUT2D eigenvalue weighted by molar-refractivity contribution is 0.376. The molecule has 0 aromatic heterocycles. The molecule has 1 N–H and O–H groups in total. The van der Waals surface area contributed by atoms with E-state index in [4.69, 9.17) is 0 Å². The van der Waals surface area contributed by atoms with Gasteiger partial charge in [-0.2, -0.15) is 0 Å². The molecular weight excluding hydrogens is 497 g/mol. The summed E-state index contributed by atoms with van der Waals surface area (Å²) in [7, 11) is -1.54. The lowest BCUT2D eigenvalue weighted by Gasteiger charge is -2.31. The van der Waals surface area contributed by atoms with E-state index in [1.54, 1.807) is 31.3 Å². The Bertz CT molecular complexity index is 919. The number of piperidine rings is 1. The molecule has 0 amide bonds. The first-order valence-electron chi connectivity index (χ1n) is 9.56. The average molecular weight is 525 g/mol. The maximum Gasteiger partial charge on any atom is 0.193 e. The van der Waals surface area contributed by atoms with Crippen molar-refractivity contribution in [2.45, 2.75) is 17.7 Å². The zero-order valence-corrected chi connectivity index (χ0v) is 19.8. The molecule has 1 aliphatic rings. The quantitative estimate of drug-likeness (QED) is 0.366. The number of guanidine groups is 1. The van der Waals surface area contributed by atoms with Gasteiger partial charge in [-0.1, -0.05) is 60.2 Å². The van der Waals surface area contributed by atoms with E-state index in [1.807, 2.05) is 12.1 Å². The zero-order chi connectivity index (χ0) is 19.8. The van der Waals surface area contributed by atoms with Crippen LogP contribution in [0.5, 0.6) is 0 Å². The van der Waals surface area contributed by atoms with Gasteiger partial charge in [0.15, 0.2) is 15.8 Å². The van der Waals surface area contributed by atoms with E-state index < -0.39 is 9.84 Å². The van der Waals surface area contributed by atoms with Crippen molar-refractivity contribution in [2.24, 2.45) is 4.99 Å². The molecule has 0 atom stereocenters. The molecular formula is C22H28IN3O2S. The van der Waals surface area contributed by atoms with Crippen LogP contribution in [-0.2, 0) is 9.84 Å². The summed E-state index contributed by atoms with van der Waals surface area (Å²) >= 11 is 0. The Morgan fingerprint density at radius 3 is 2.21 bits per heavy atom. The van der Waals surface area contributed by atoms with Crippen molar-refractivity contribution >= 4 is 45.8 Å². The standard InChI is InChI=1S/C22H27N3O2S.HI/c1-23-22(24-14-17-28(26,27)21-10-6-3-7-11-21)25-15-12-20(13-16-25)18-19-8-4-2-5-9-19;/h2-11,18H,12-17H2,1H3,(H,23,24);1H. The topological polar surface area (TPSA) is 61.8 Å². The van der Waals surface area contributed by atoms with E-state index >= 15 is 0 Å². The molecule has 0 bridgehead atoms. The van der Waals surface area contributed by atoms with Crippen LogP contribution in [0.15, 0.2) is 76.1 Å². The van der Waals surface area contributed by atoms with Gasteiger partial charge < -0.3 is 10.2 Å². The molecule has 2 aromatic rings. The van der Waals surface area contributed by atoms with Gasteiger partial charge in [0.2, 0.25) is 0 Å². The fraction of sp³-hybridized carbons (Fsp3) is 0.318. The highest BCUT2D eigenvalue weighted by Crippen LogP contribution is 2.19. The van der Waals surface area contributed by atoms with Crippen LogP contribution in [0.4, 0.5) is 0 Å². The summed E-state index contributed by atoms with van der Waals surface area (Å²) in [4.78, 5) is 6.88. The summed E-state index contributed by atoms with van der Waals surface area (Å²) in [5.41, 5.74) is 2.67. The molecule has 2 aromatic carbocycles. The van der Waals surface area contributed by atoms with Crippen molar-refractivity contribution in [3.63, 3.8) is 0 Å². The smallest absolute Gasteiger partial charge is 0.193 e. The third kappa shape index (κ3) is 6.85. The third-order valence-electron chi connectivity index (χ3n) is 4.84. The van der Waals surface area contributed by atoms with E-state index in [2.05, 4.69) is 45.6 Å². The van der Waals surface area contributed by atoms with Crippen molar-refractivity contribution in [1.82, 2.24) is 10.2 Å². The molecule has 7 heteroatoms. The van der Waals surface area contributed by atoms with Gasteiger partial charge in [-0.3, -0.25) is 4.99 Å². The molecule has 0 aliphatic carbocycles. The minimum atomic E-state index is -3.28. The average Bonchev–Trinajstić information content (AvgIpc) is 2.73. The number of halogens is 1. The van der Waals surface area contributed by atoms with Crippen LogP contribution >= 0.6 is 24.0 Å². The molecule has 1 heterocycles. The van der Waals surface area contributed by atoms with Gasteiger partial charge in [0.25, 0.3) is 0 Å². The van der Waals surface area contributed by atoms with Crippen LogP contribution in [0.25, 0.3) is 6.08 Å². The lowest BCUT2D eigenvalue weighted by Crippen LogP contribution is -2.45. The van der Waals surface area contributed by atoms with Crippen molar-refractivity contribution in [3.05, 3.63) is 71.8 Å². The van der Waals surface area contributed by atoms with Gasteiger partial charge in [0.1, 0.15) is 0 Å². The molecule has 3 rings (SSSR count). The molecule has 5 nitrogen and oxygen atoms in total. The first-order valence-corrected chi connectivity index (χ1v) is 11.2. The molecule has 1 aliphatic heterocycles. The second kappa shape index (κ2) is 11.3. The highest BCUT2D eigenvalue weighted by molar-refractivity contribution is 14.0. The van der Waals surface area contributed by atoms with Gasteiger partial charge in [-0.15, -0.1) is 24.0 Å². The summed E-state index contributed by atoms with van der Waals surface area (Å²) in [5.74, 6) is 0.810. The molecule has 156 valence electrons. The Balaban J connectivity index is 0.00000300. The van der Waals surface area contributed by atoms with E-state index in [0.29, 0.717) is 11.4 Å². The summed E-state index contributed by atoms with van der Waals surface area (Å²) in [6.07, 6.45) is 4.23. The maximum atomic E-state index is 12.4. The Hall–Kier alpha value is -1.87. The minimum absolute atomic E-state index is 0. The molecule has 0 unspecified atom stereocenters. The van der Waals surface area contributed by atoms with Gasteiger partial charge in [0, 0.05) is 26.7 Å². The summed E-state index contributed by atoms with van der Waals surface area (Å²) in [6.45, 7) is 2.10. The molecule has 0 spiro atoms. The van der Waals surface area contributed by atoms with Crippen LogP contribution in [0.1, 0.15) is 18.4 Å². The Morgan fingerprint density at radius 1 is 1.03 bits per heavy atom. The number of hydrogen-bond acceptors (Lipinski definition) is 3. The van der Waals surface area contributed by atoms with Crippen LogP contribution in [0, 0.1) is 0 Å². The largest absolute Gasteiger partial charge is 0.355 e. The molecule has 0 saturated carbocycles. The fourth-order valence-corrected chi connectivity index (χ4v) is 4.49. The highest BCUT2D eigenvalue weighted by Gasteiger charge is 2.18. The maximum absolute atomic E-state index is 12.4. The number of likely N-dealkylation sites (tertiary alicyclic amines) is 1. The summed E-state index contributed by atoms with van der Waals surface area (Å²) in [6, 6.07) is 18.9.